The van der Waals surface area contributed by atoms with Crippen LogP contribution in [0.5, 0.6) is 0 Å². The van der Waals surface area contributed by atoms with Crippen molar-refractivity contribution in [1.82, 2.24) is 18.9 Å². The zero-order chi connectivity index (χ0) is 18.0. The van der Waals surface area contributed by atoms with E-state index < -0.39 is 8.07 Å². The number of hydrogen-bond acceptors (Lipinski definition) is 4. The summed E-state index contributed by atoms with van der Waals surface area (Å²) in [7, 11) is -1.13. The highest BCUT2D eigenvalue weighted by Crippen LogP contribution is 2.24. The van der Waals surface area contributed by atoms with E-state index in [9.17, 15) is 5.26 Å². The molecule has 0 N–H and O–H groups in total. The van der Waals surface area contributed by atoms with Gasteiger partial charge in [0.05, 0.1) is 5.52 Å². The fourth-order valence-electron chi connectivity index (χ4n) is 2.44. The summed E-state index contributed by atoms with van der Waals surface area (Å²) in [5.74, 6) is 0.648. The molecule has 0 radical (unpaired) electrons. The number of rotatable bonds is 6. The number of pyridine rings is 1. The minimum Gasteiger partial charge on any atom is -0.361 e. The maximum atomic E-state index is 9.21. The topological polar surface area (TPSA) is 68.1 Å². The van der Waals surface area contributed by atoms with Crippen molar-refractivity contribution in [1.29, 1.82) is 5.26 Å². The van der Waals surface area contributed by atoms with Gasteiger partial charge in [-0.2, -0.15) is 5.26 Å². The van der Waals surface area contributed by atoms with Gasteiger partial charge in [0.1, 0.15) is 24.8 Å². The van der Waals surface area contributed by atoms with Crippen LogP contribution in [0.4, 0.5) is 0 Å². The van der Waals surface area contributed by atoms with Gasteiger partial charge in [-0.25, -0.2) is 9.97 Å². The Hall–Kier alpha value is -1.95. The van der Waals surface area contributed by atoms with Gasteiger partial charge in [-0.3, -0.25) is 0 Å². The fourth-order valence-corrected chi connectivity index (χ4v) is 3.55. The largest absolute Gasteiger partial charge is 0.361 e. The van der Waals surface area contributed by atoms with Crippen LogP contribution in [-0.2, 0) is 11.5 Å². The van der Waals surface area contributed by atoms with Crippen LogP contribution in [0.1, 0.15) is 5.69 Å². The van der Waals surface area contributed by atoms with Gasteiger partial charge < -0.3 is 13.7 Å². The molecular weight excluding hydrogens is 398 g/mol. The average molecular weight is 418 g/mol. The number of fused-ring (bicyclic) bond motifs is 1. The van der Waals surface area contributed by atoms with E-state index in [1.54, 1.807) is 12.5 Å². The molecule has 0 aromatic carbocycles. The number of halogens is 1. The first-order valence-corrected chi connectivity index (χ1v) is 12.5. The number of nitrogens with zero attached hydrogens (tertiary/aromatic N) is 5. The maximum absolute atomic E-state index is 9.21. The van der Waals surface area contributed by atoms with Crippen molar-refractivity contribution in [3.8, 4) is 17.6 Å². The smallest absolute Gasteiger partial charge is 0.164 e. The second-order valence-electron chi connectivity index (χ2n) is 7.11. The van der Waals surface area contributed by atoms with Gasteiger partial charge in [-0.1, -0.05) is 19.6 Å². The molecule has 0 aliphatic carbocycles. The summed E-state index contributed by atoms with van der Waals surface area (Å²) in [6.45, 7) is 8.04. The van der Waals surface area contributed by atoms with Crippen molar-refractivity contribution in [3.05, 3.63) is 41.0 Å². The van der Waals surface area contributed by atoms with Gasteiger partial charge in [0, 0.05) is 31.5 Å². The van der Waals surface area contributed by atoms with E-state index in [2.05, 4.69) is 51.6 Å². The highest BCUT2D eigenvalue weighted by molar-refractivity contribution is 9.10. The second kappa shape index (κ2) is 7.12. The lowest BCUT2D eigenvalue weighted by Gasteiger charge is -2.15. The maximum Gasteiger partial charge on any atom is 0.164 e. The van der Waals surface area contributed by atoms with Crippen LogP contribution in [0.25, 0.3) is 17.0 Å². The van der Waals surface area contributed by atoms with Gasteiger partial charge in [-0.15, -0.1) is 0 Å². The van der Waals surface area contributed by atoms with Gasteiger partial charge in [-0.05, 0) is 34.1 Å². The Labute approximate surface area is 156 Å². The molecule has 25 heavy (non-hydrogen) atoms. The standard InChI is InChI=1S/C17H20BrN5OSi/c1-25(2,3)7-6-24-12-23-10-14(8-19)21-17(23)16-15-5-4-13(18)9-22(15)11-20-16/h4-5,9-11H,6-7,12H2,1-3H3. The molecule has 0 unspecified atom stereocenters. The molecule has 0 spiro atoms. The monoisotopic (exact) mass is 417 g/mol. The highest BCUT2D eigenvalue weighted by atomic mass is 79.9. The molecule has 3 heterocycles. The molecule has 0 saturated heterocycles. The Morgan fingerprint density at radius 3 is 2.80 bits per heavy atom. The molecule has 0 aliphatic heterocycles. The van der Waals surface area contributed by atoms with Crippen LogP contribution in [0.3, 0.4) is 0 Å². The Bertz CT molecular complexity index is 935. The summed E-state index contributed by atoms with van der Waals surface area (Å²) in [6.07, 6.45) is 5.40. The molecule has 130 valence electrons. The van der Waals surface area contributed by atoms with Crippen molar-refractivity contribution >= 4 is 29.5 Å². The van der Waals surface area contributed by atoms with Crippen molar-refractivity contribution in [2.45, 2.75) is 32.4 Å². The molecule has 3 rings (SSSR count). The number of hydrogen-bond donors (Lipinski definition) is 0. The Morgan fingerprint density at radius 1 is 1.28 bits per heavy atom. The highest BCUT2D eigenvalue weighted by Gasteiger charge is 2.17. The summed E-state index contributed by atoms with van der Waals surface area (Å²) in [5.41, 5.74) is 2.03. The molecule has 0 fully saturated rings. The molecule has 0 atom stereocenters. The van der Waals surface area contributed by atoms with E-state index in [0.717, 1.165) is 21.7 Å². The zero-order valence-corrected chi connectivity index (χ0v) is 17.1. The van der Waals surface area contributed by atoms with Crippen molar-refractivity contribution < 1.29 is 4.74 Å². The van der Waals surface area contributed by atoms with E-state index in [4.69, 9.17) is 4.74 Å². The predicted molar refractivity (Wildman–Crippen MR) is 103 cm³/mol. The number of imidazole rings is 2. The molecule has 0 saturated carbocycles. The first kappa shape index (κ1) is 17.9. The number of aromatic nitrogens is 4. The lowest BCUT2D eigenvalue weighted by atomic mass is 10.3. The van der Waals surface area contributed by atoms with Crippen LogP contribution in [0, 0.1) is 11.3 Å². The van der Waals surface area contributed by atoms with E-state index in [0.29, 0.717) is 24.9 Å². The normalized spacial score (nSPS) is 11.8. The third kappa shape index (κ3) is 4.18. The Kier molecular flexibility index (Phi) is 5.08. The van der Waals surface area contributed by atoms with Gasteiger partial charge in [0.15, 0.2) is 11.5 Å². The molecular formula is C17H20BrN5OSi. The molecule has 0 aliphatic rings. The SMILES string of the molecule is C[Si](C)(C)CCOCn1cc(C#N)nc1-c1ncn2cc(Br)ccc12. The number of ether oxygens (including phenoxy) is 1. The first-order chi connectivity index (χ1) is 11.9. The molecule has 0 bridgehead atoms. The van der Waals surface area contributed by atoms with Crippen LogP contribution in [0.2, 0.25) is 25.7 Å². The summed E-state index contributed by atoms with van der Waals surface area (Å²) in [4.78, 5) is 8.90. The zero-order valence-electron chi connectivity index (χ0n) is 14.5. The van der Waals surface area contributed by atoms with Crippen LogP contribution < -0.4 is 0 Å². The van der Waals surface area contributed by atoms with E-state index in [1.807, 2.05) is 27.3 Å². The van der Waals surface area contributed by atoms with Crippen LogP contribution >= 0.6 is 15.9 Å². The minimum atomic E-state index is -1.13. The molecule has 8 heteroatoms. The Balaban J connectivity index is 1.88. The third-order valence-electron chi connectivity index (χ3n) is 3.82. The van der Waals surface area contributed by atoms with E-state index >= 15 is 0 Å². The van der Waals surface area contributed by atoms with Crippen LogP contribution in [-0.4, -0.2) is 33.6 Å². The van der Waals surface area contributed by atoms with Crippen molar-refractivity contribution in [2.24, 2.45) is 0 Å². The molecule has 0 amide bonds. The van der Waals surface area contributed by atoms with E-state index in [1.165, 1.54) is 0 Å². The van der Waals surface area contributed by atoms with Crippen LogP contribution in [0.15, 0.2) is 35.3 Å². The second-order valence-corrected chi connectivity index (χ2v) is 13.6. The number of nitriles is 1. The lowest BCUT2D eigenvalue weighted by Crippen LogP contribution is -2.22. The quantitative estimate of drug-likeness (QED) is 0.446. The summed E-state index contributed by atoms with van der Waals surface area (Å²) >= 11 is 3.46. The van der Waals surface area contributed by atoms with Crippen molar-refractivity contribution in [2.75, 3.05) is 6.61 Å². The lowest BCUT2D eigenvalue weighted by molar-refractivity contribution is 0.0882. The average Bonchev–Trinajstić information content (AvgIpc) is 3.13. The van der Waals surface area contributed by atoms with Gasteiger partial charge in [0.25, 0.3) is 0 Å². The molecule has 3 aromatic rings. The Morgan fingerprint density at radius 2 is 2.08 bits per heavy atom. The summed E-state index contributed by atoms with van der Waals surface area (Å²) in [5, 5.41) is 9.21. The third-order valence-corrected chi connectivity index (χ3v) is 6.00. The van der Waals surface area contributed by atoms with Gasteiger partial charge in [0.2, 0.25) is 0 Å². The summed E-state index contributed by atoms with van der Waals surface area (Å²) in [6, 6.07) is 7.14. The minimum absolute atomic E-state index is 0.363. The van der Waals surface area contributed by atoms with Gasteiger partial charge >= 0.3 is 0 Å². The molecule has 6 nitrogen and oxygen atoms in total. The van der Waals surface area contributed by atoms with E-state index in [-0.39, 0.29) is 0 Å². The predicted octanol–water partition coefficient (Wildman–Crippen LogP) is 4.14. The van der Waals surface area contributed by atoms with Crippen molar-refractivity contribution in [3.63, 3.8) is 0 Å². The molecule has 3 aromatic heterocycles. The first-order valence-electron chi connectivity index (χ1n) is 8.05. The summed E-state index contributed by atoms with van der Waals surface area (Å²) < 4.78 is 10.6. The fraction of sp³-hybridized carbons (Fsp3) is 0.353.